The summed E-state index contributed by atoms with van der Waals surface area (Å²) in [6.07, 6.45) is 5.61. The third kappa shape index (κ3) is 4.48. The summed E-state index contributed by atoms with van der Waals surface area (Å²) in [5.41, 5.74) is 3.24. The van der Waals surface area contributed by atoms with Crippen molar-refractivity contribution in [3.05, 3.63) is 57.8 Å². The number of piperidine rings is 1. The lowest BCUT2D eigenvalue weighted by Crippen LogP contribution is -2.39. The number of halogens is 2. The van der Waals surface area contributed by atoms with Gasteiger partial charge in [0.15, 0.2) is 5.65 Å². The molecule has 0 bridgehead atoms. The van der Waals surface area contributed by atoms with Gasteiger partial charge in [0.05, 0.1) is 34.3 Å². The zero-order chi connectivity index (χ0) is 24.2. The van der Waals surface area contributed by atoms with Crippen molar-refractivity contribution in [1.82, 2.24) is 19.5 Å². The fourth-order valence-electron chi connectivity index (χ4n) is 4.59. The van der Waals surface area contributed by atoms with Crippen LogP contribution in [0.4, 0.5) is 10.1 Å². The molecule has 2 aliphatic rings. The van der Waals surface area contributed by atoms with E-state index in [2.05, 4.69) is 10.8 Å². The maximum absolute atomic E-state index is 14.2. The SMILES string of the molecule is Cc1cc(C2CC2)nc2cc([C@@H]3CCCCN3C(=O)c3cc(F)cc(Cl)c3NS(C)(=O)=O)nn12. The number of amides is 1. The summed E-state index contributed by atoms with van der Waals surface area (Å²) in [4.78, 5) is 20.0. The lowest BCUT2D eigenvalue weighted by atomic mass is 9.98. The Labute approximate surface area is 202 Å². The van der Waals surface area contributed by atoms with E-state index in [1.54, 1.807) is 9.42 Å². The smallest absolute Gasteiger partial charge is 0.256 e. The molecule has 34 heavy (non-hydrogen) atoms. The highest BCUT2D eigenvalue weighted by molar-refractivity contribution is 7.92. The maximum Gasteiger partial charge on any atom is 0.256 e. The molecule has 0 spiro atoms. The first-order valence-corrected chi connectivity index (χ1v) is 13.5. The number of nitrogens with one attached hydrogen (secondary N) is 1. The average molecular weight is 506 g/mol. The highest BCUT2D eigenvalue weighted by atomic mass is 35.5. The minimum Gasteiger partial charge on any atom is -0.330 e. The molecule has 1 N–H and O–H groups in total. The van der Waals surface area contributed by atoms with Crippen LogP contribution >= 0.6 is 11.6 Å². The van der Waals surface area contributed by atoms with Gasteiger partial charge in [0.1, 0.15) is 5.82 Å². The predicted molar refractivity (Wildman–Crippen MR) is 127 cm³/mol. The van der Waals surface area contributed by atoms with Crippen LogP contribution in [0.1, 0.15) is 71.5 Å². The molecule has 5 rings (SSSR count). The van der Waals surface area contributed by atoms with Gasteiger partial charge in [-0.15, -0.1) is 0 Å². The van der Waals surface area contributed by atoms with Crippen LogP contribution in [0.3, 0.4) is 0 Å². The van der Waals surface area contributed by atoms with Crippen molar-refractivity contribution in [3.8, 4) is 0 Å². The molecular formula is C23H25ClFN5O3S. The first-order valence-electron chi connectivity index (χ1n) is 11.3. The second kappa shape index (κ2) is 8.49. The predicted octanol–water partition coefficient (Wildman–Crippen LogP) is 4.45. The fourth-order valence-corrected chi connectivity index (χ4v) is 5.49. The Kier molecular flexibility index (Phi) is 5.76. The molecule has 3 aromatic rings. The van der Waals surface area contributed by atoms with Gasteiger partial charge < -0.3 is 4.90 Å². The number of aryl methyl sites for hydroxylation is 1. The molecular weight excluding hydrogens is 481 g/mol. The molecule has 1 saturated carbocycles. The van der Waals surface area contributed by atoms with Gasteiger partial charge >= 0.3 is 0 Å². The minimum atomic E-state index is -3.74. The number of sulfonamides is 1. The number of likely N-dealkylation sites (tertiary alicyclic amines) is 1. The number of benzene rings is 1. The fraction of sp³-hybridized carbons (Fsp3) is 0.435. The van der Waals surface area contributed by atoms with Crippen LogP contribution in [-0.2, 0) is 10.0 Å². The Morgan fingerprint density at radius 3 is 2.62 bits per heavy atom. The number of nitrogens with zero attached hydrogens (tertiary/aromatic N) is 4. The van der Waals surface area contributed by atoms with E-state index in [1.165, 1.54) is 0 Å². The first kappa shape index (κ1) is 23.0. The normalized spacial score (nSPS) is 18.9. The van der Waals surface area contributed by atoms with Crippen LogP contribution in [-0.4, -0.2) is 46.6 Å². The Hall–Kier alpha value is -2.72. The third-order valence-electron chi connectivity index (χ3n) is 6.32. The Bertz CT molecular complexity index is 1400. The third-order valence-corrected chi connectivity index (χ3v) is 7.19. The minimum absolute atomic E-state index is 0.124. The number of fused-ring (bicyclic) bond motifs is 1. The van der Waals surface area contributed by atoms with Gasteiger partial charge in [-0.25, -0.2) is 22.3 Å². The Morgan fingerprint density at radius 2 is 1.91 bits per heavy atom. The molecule has 8 nitrogen and oxygen atoms in total. The molecule has 1 aliphatic carbocycles. The van der Waals surface area contributed by atoms with Crippen molar-refractivity contribution < 1.29 is 17.6 Å². The largest absolute Gasteiger partial charge is 0.330 e. The summed E-state index contributed by atoms with van der Waals surface area (Å²) in [7, 11) is -3.74. The highest BCUT2D eigenvalue weighted by Gasteiger charge is 2.33. The van der Waals surface area contributed by atoms with E-state index in [4.69, 9.17) is 21.7 Å². The van der Waals surface area contributed by atoms with Crippen LogP contribution in [0.2, 0.25) is 5.02 Å². The van der Waals surface area contributed by atoms with E-state index in [1.807, 2.05) is 13.0 Å². The van der Waals surface area contributed by atoms with Crippen molar-refractivity contribution in [2.45, 2.75) is 51.0 Å². The molecule has 2 aromatic heterocycles. The van der Waals surface area contributed by atoms with E-state index >= 15 is 0 Å². The molecule has 1 saturated heterocycles. The summed E-state index contributed by atoms with van der Waals surface area (Å²) < 4.78 is 42.0. The molecule has 3 heterocycles. The zero-order valence-electron chi connectivity index (χ0n) is 18.9. The van der Waals surface area contributed by atoms with Gasteiger partial charge in [0.2, 0.25) is 10.0 Å². The number of hydrogen-bond donors (Lipinski definition) is 1. The van der Waals surface area contributed by atoms with Crippen molar-refractivity contribution in [2.24, 2.45) is 0 Å². The van der Waals surface area contributed by atoms with E-state index in [9.17, 15) is 17.6 Å². The standard InChI is InChI=1S/C23H25ClFN5O3S/c1-13-9-18(14-6-7-14)26-21-12-19(27-30(13)21)20-5-3-4-8-29(20)23(31)16-10-15(25)11-17(24)22(16)28-34(2,32)33/h9-12,14,20,28H,3-8H2,1-2H3/t20-/m0/s1. The molecule has 1 atom stereocenters. The Morgan fingerprint density at radius 1 is 1.15 bits per heavy atom. The number of carbonyl (C=O) groups excluding carboxylic acids is 1. The van der Waals surface area contributed by atoms with Gasteiger partial charge in [0.25, 0.3) is 5.91 Å². The zero-order valence-corrected chi connectivity index (χ0v) is 20.5. The molecule has 2 fully saturated rings. The van der Waals surface area contributed by atoms with Crippen LogP contribution < -0.4 is 4.72 Å². The number of carbonyl (C=O) groups is 1. The molecule has 1 aromatic carbocycles. The summed E-state index contributed by atoms with van der Waals surface area (Å²) in [5.74, 6) is -0.716. The number of aromatic nitrogens is 3. The molecule has 180 valence electrons. The quantitative estimate of drug-likeness (QED) is 0.552. The van der Waals surface area contributed by atoms with Gasteiger partial charge in [-0.05, 0) is 57.2 Å². The van der Waals surface area contributed by atoms with Crippen molar-refractivity contribution in [3.63, 3.8) is 0 Å². The maximum atomic E-state index is 14.2. The number of anilines is 1. The average Bonchev–Trinajstić information content (AvgIpc) is 3.53. The topological polar surface area (TPSA) is 96.7 Å². The van der Waals surface area contributed by atoms with Crippen LogP contribution in [0.5, 0.6) is 0 Å². The van der Waals surface area contributed by atoms with Crippen molar-refractivity contribution in [2.75, 3.05) is 17.5 Å². The second-order valence-electron chi connectivity index (χ2n) is 9.13. The van der Waals surface area contributed by atoms with E-state index in [0.29, 0.717) is 24.6 Å². The van der Waals surface area contributed by atoms with Crippen LogP contribution in [0.15, 0.2) is 24.3 Å². The summed E-state index contributed by atoms with van der Waals surface area (Å²) in [6.45, 7) is 2.42. The van der Waals surface area contributed by atoms with E-state index in [0.717, 1.165) is 61.1 Å². The monoisotopic (exact) mass is 505 g/mol. The highest BCUT2D eigenvalue weighted by Crippen LogP contribution is 2.40. The summed E-state index contributed by atoms with van der Waals surface area (Å²) in [6, 6.07) is 5.62. The first-order chi connectivity index (χ1) is 16.1. The molecule has 0 unspecified atom stereocenters. The molecule has 1 aliphatic heterocycles. The molecule has 11 heteroatoms. The van der Waals surface area contributed by atoms with Gasteiger partial charge in [-0.3, -0.25) is 9.52 Å². The lowest BCUT2D eigenvalue weighted by molar-refractivity contribution is 0.0606. The molecule has 0 radical (unpaired) electrons. The van der Waals surface area contributed by atoms with E-state index in [-0.39, 0.29) is 22.3 Å². The second-order valence-corrected chi connectivity index (χ2v) is 11.3. The number of rotatable bonds is 5. The van der Waals surface area contributed by atoms with Crippen molar-refractivity contribution >= 4 is 38.9 Å². The lowest BCUT2D eigenvalue weighted by Gasteiger charge is -2.35. The van der Waals surface area contributed by atoms with Crippen LogP contribution in [0.25, 0.3) is 5.65 Å². The molecule has 1 amide bonds. The van der Waals surface area contributed by atoms with Gasteiger partial charge in [-0.2, -0.15) is 5.10 Å². The Balaban J connectivity index is 1.54. The van der Waals surface area contributed by atoms with Crippen molar-refractivity contribution in [1.29, 1.82) is 0 Å². The number of hydrogen-bond acceptors (Lipinski definition) is 5. The van der Waals surface area contributed by atoms with Crippen LogP contribution in [0, 0.1) is 12.7 Å². The summed E-state index contributed by atoms with van der Waals surface area (Å²) >= 11 is 6.13. The van der Waals surface area contributed by atoms with Gasteiger partial charge in [-0.1, -0.05) is 11.6 Å². The van der Waals surface area contributed by atoms with Gasteiger partial charge in [0, 0.05) is 29.9 Å². The summed E-state index contributed by atoms with van der Waals surface area (Å²) in [5, 5.41) is 4.57. The van der Waals surface area contributed by atoms with E-state index < -0.39 is 21.7 Å².